The van der Waals surface area contributed by atoms with Gasteiger partial charge in [-0.25, -0.2) is 4.79 Å². The van der Waals surface area contributed by atoms with Gasteiger partial charge in [0.05, 0.1) is 23.6 Å². The van der Waals surface area contributed by atoms with Crippen molar-refractivity contribution >= 4 is 34.7 Å². The summed E-state index contributed by atoms with van der Waals surface area (Å²) in [4.78, 5) is 37.0. The zero-order valence-corrected chi connectivity index (χ0v) is 13.4. The Hall–Kier alpha value is -2.19. The van der Waals surface area contributed by atoms with Crippen LogP contribution in [0.25, 0.3) is 5.57 Å². The predicted octanol–water partition coefficient (Wildman–Crippen LogP) is 0.515. The molecule has 7 nitrogen and oxygen atoms in total. The topological polar surface area (TPSA) is 107 Å². The van der Waals surface area contributed by atoms with Crippen LogP contribution in [0.5, 0.6) is 0 Å². The molecule has 0 bridgehead atoms. The molecular weight excluding hydrogens is 320 g/mol. The minimum atomic E-state index is -1.20. The molecule has 0 aromatic carbocycles. The van der Waals surface area contributed by atoms with Gasteiger partial charge in [0, 0.05) is 18.0 Å². The molecule has 3 heterocycles. The van der Waals surface area contributed by atoms with Crippen LogP contribution >= 0.6 is 11.3 Å². The number of aliphatic hydroxyl groups is 1. The molecule has 3 rings (SSSR count). The highest BCUT2D eigenvalue weighted by atomic mass is 32.1. The van der Waals surface area contributed by atoms with Gasteiger partial charge in [-0.1, -0.05) is 0 Å². The Bertz CT molecular complexity index is 736. The van der Waals surface area contributed by atoms with Crippen LogP contribution in [0.3, 0.4) is 0 Å². The van der Waals surface area contributed by atoms with Crippen molar-refractivity contribution in [2.75, 3.05) is 7.05 Å². The molecule has 2 aliphatic heterocycles. The first-order valence-electron chi connectivity index (χ1n) is 7.14. The van der Waals surface area contributed by atoms with Crippen molar-refractivity contribution in [1.82, 2.24) is 10.2 Å². The van der Waals surface area contributed by atoms with E-state index in [0.717, 1.165) is 0 Å². The zero-order valence-electron chi connectivity index (χ0n) is 12.6. The van der Waals surface area contributed by atoms with Gasteiger partial charge in [0.15, 0.2) is 0 Å². The number of hydrogen-bond acceptors (Lipinski definition) is 5. The van der Waals surface area contributed by atoms with E-state index >= 15 is 0 Å². The van der Waals surface area contributed by atoms with Crippen LogP contribution in [-0.2, 0) is 9.59 Å². The van der Waals surface area contributed by atoms with Gasteiger partial charge in [-0.2, -0.15) is 11.3 Å². The van der Waals surface area contributed by atoms with Crippen molar-refractivity contribution in [3.05, 3.63) is 27.6 Å². The lowest BCUT2D eigenvalue weighted by Crippen LogP contribution is -2.61. The van der Waals surface area contributed by atoms with Crippen molar-refractivity contribution in [3.63, 3.8) is 0 Å². The summed E-state index contributed by atoms with van der Waals surface area (Å²) >= 11 is 1.30. The van der Waals surface area contributed by atoms with E-state index in [2.05, 4.69) is 5.32 Å². The lowest BCUT2D eigenvalue weighted by atomic mass is 9.82. The summed E-state index contributed by atoms with van der Waals surface area (Å²) in [6, 6.07) is -0.360. The fourth-order valence-corrected chi connectivity index (χ4v) is 4.19. The van der Waals surface area contributed by atoms with Gasteiger partial charge >= 0.3 is 5.97 Å². The first-order valence-corrected chi connectivity index (χ1v) is 8.09. The molecule has 1 fully saturated rings. The number of carboxylic acid groups (broad SMARTS) is 1. The second-order valence-corrected chi connectivity index (χ2v) is 6.40. The Labute approximate surface area is 136 Å². The van der Waals surface area contributed by atoms with E-state index < -0.39 is 18.0 Å². The number of aliphatic hydroxyl groups excluding tert-OH is 1. The van der Waals surface area contributed by atoms with Crippen molar-refractivity contribution < 1.29 is 24.6 Å². The molecule has 23 heavy (non-hydrogen) atoms. The zero-order chi connectivity index (χ0) is 16.9. The van der Waals surface area contributed by atoms with Crippen LogP contribution in [0.4, 0.5) is 0 Å². The van der Waals surface area contributed by atoms with Gasteiger partial charge in [-0.3, -0.25) is 9.59 Å². The van der Waals surface area contributed by atoms with Crippen LogP contribution in [0.1, 0.15) is 29.3 Å². The Morgan fingerprint density at radius 3 is 2.70 bits per heavy atom. The minimum absolute atomic E-state index is 0.0829. The fraction of sp³-hybridized carbons (Fsp3) is 0.400. The molecule has 3 atom stereocenters. The molecule has 1 saturated heterocycles. The number of nitrogens with one attached hydrogen (secondary N) is 1. The maximum absolute atomic E-state index is 12.2. The summed E-state index contributed by atoms with van der Waals surface area (Å²) in [6.45, 7) is 1.53. The van der Waals surface area contributed by atoms with Gasteiger partial charge in [0.25, 0.3) is 5.91 Å². The molecule has 0 unspecified atom stereocenters. The third-order valence-electron chi connectivity index (χ3n) is 4.39. The Morgan fingerprint density at radius 2 is 2.13 bits per heavy atom. The van der Waals surface area contributed by atoms with E-state index in [1.807, 2.05) is 0 Å². The average molecular weight is 336 g/mol. The highest BCUT2D eigenvalue weighted by Crippen LogP contribution is 2.47. The number of hydrogen-bond donors (Lipinski definition) is 3. The SMILES string of the molecule is CNC(=O)c1cscc1C1=C(C(=O)O)N2C(=O)[C@H]([C@@H](C)O)[C@H]2C1. The third-order valence-corrected chi connectivity index (χ3v) is 5.13. The van der Waals surface area contributed by atoms with Crippen molar-refractivity contribution in [2.45, 2.75) is 25.5 Å². The van der Waals surface area contributed by atoms with Gasteiger partial charge in [0.2, 0.25) is 5.91 Å². The lowest BCUT2D eigenvalue weighted by Gasteiger charge is -2.44. The molecule has 0 aliphatic carbocycles. The number of amides is 2. The number of thiophene rings is 1. The van der Waals surface area contributed by atoms with Gasteiger partial charge < -0.3 is 20.4 Å². The lowest BCUT2D eigenvalue weighted by molar-refractivity contribution is -0.161. The molecule has 3 N–H and O–H groups in total. The second kappa shape index (κ2) is 5.47. The number of rotatable bonds is 4. The van der Waals surface area contributed by atoms with E-state index in [1.54, 1.807) is 10.8 Å². The van der Waals surface area contributed by atoms with E-state index in [1.165, 1.54) is 30.2 Å². The van der Waals surface area contributed by atoms with Crippen LogP contribution in [0.2, 0.25) is 0 Å². The molecule has 0 spiro atoms. The van der Waals surface area contributed by atoms with Crippen LogP contribution in [-0.4, -0.2) is 52.1 Å². The maximum atomic E-state index is 12.2. The van der Waals surface area contributed by atoms with Crippen LogP contribution < -0.4 is 5.32 Å². The standard InChI is InChI=1S/C15H16N2O5S/c1-6(18)11-10-3-7(12(15(21)22)17(10)14(11)20)8-4-23-5-9(8)13(19)16-2/h4-6,10-11,18H,3H2,1-2H3,(H,16,19)(H,21,22)/t6-,10-,11-/m1/s1. The highest BCUT2D eigenvalue weighted by Gasteiger charge is 2.57. The van der Waals surface area contributed by atoms with E-state index in [9.17, 15) is 24.6 Å². The van der Waals surface area contributed by atoms with E-state index in [0.29, 0.717) is 23.1 Å². The van der Waals surface area contributed by atoms with E-state index in [-0.39, 0.29) is 23.6 Å². The first kappa shape index (κ1) is 15.7. The maximum Gasteiger partial charge on any atom is 0.352 e. The summed E-state index contributed by atoms with van der Waals surface area (Å²) in [5.41, 5.74) is 1.33. The number of β-lactam (4-membered cyclic amide) rings is 1. The Balaban J connectivity index is 2.06. The van der Waals surface area contributed by atoms with E-state index in [4.69, 9.17) is 0 Å². The number of nitrogens with zero attached hydrogens (tertiary/aromatic N) is 1. The summed E-state index contributed by atoms with van der Waals surface area (Å²) in [5, 5.41) is 25.2. The number of aliphatic carboxylic acids is 1. The average Bonchev–Trinajstić information content (AvgIpc) is 3.07. The van der Waals surface area contributed by atoms with Crippen LogP contribution in [0, 0.1) is 5.92 Å². The third kappa shape index (κ3) is 2.17. The van der Waals surface area contributed by atoms with Crippen LogP contribution in [0.15, 0.2) is 16.5 Å². The molecule has 2 aliphatic rings. The molecule has 0 radical (unpaired) electrons. The Morgan fingerprint density at radius 1 is 1.43 bits per heavy atom. The summed E-state index contributed by atoms with van der Waals surface area (Å²) in [7, 11) is 1.51. The van der Waals surface area contributed by atoms with Crippen molar-refractivity contribution in [3.8, 4) is 0 Å². The molecule has 122 valence electrons. The number of carboxylic acids is 1. The monoisotopic (exact) mass is 336 g/mol. The molecule has 1 aromatic rings. The normalized spacial score (nSPS) is 24.3. The predicted molar refractivity (Wildman–Crippen MR) is 82.7 cm³/mol. The van der Waals surface area contributed by atoms with Gasteiger partial charge in [0.1, 0.15) is 5.70 Å². The Kier molecular flexibility index (Phi) is 3.73. The molecule has 2 amide bonds. The molecule has 0 saturated carbocycles. The van der Waals surface area contributed by atoms with Gasteiger partial charge in [-0.15, -0.1) is 0 Å². The molecule has 8 heteroatoms. The van der Waals surface area contributed by atoms with Crippen molar-refractivity contribution in [1.29, 1.82) is 0 Å². The molecule has 1 aromatic heterocycles. The smallest absolute Gasteiger partial charge is 0.352 e. The number of carbonyl (C=O) groups is 3. The second-order valence-electron chi connectivity index (χ2n) is 5.66. The molecular formula is C15H16N2O5S. The highest BCUT2D eigenvalue weighted by molar-refractivity contribution is 7.08. The van der Waals surface area contributed by atoms with Gasteiger partial charge in [-0.05, 0) is 24.3 Å². The number of carbonyl (C=O) groups excluding carboxylic acids is 2. The minimum Gasteiger partial charge on any atom is -0.477 e. The van der Waals surface area contributed by atoms with Crippen molar-refractivity contribution in [2.24, 2.45) is 5.92 Å². The first-order chi connectivity index (χ1) is 10.9. The largest absolute Gasteiger partial charge is 0.477 e. The summed E-state index contributed by atoms with van der Waals surface area (Å²) in [6.07, 6.45) is -0.511. The summed E-state index contributed by atoms with van der Waals surface area (Å²) in [5.74, 6) is -2.47. The fourth-order valence-electron chi connectivity index (χ4n) is 3.35. The quantitative estimate of drug-likeness (QED) is 0.695. The summed E-state index contributed by atoms with van der Waals surface area (Å²) < 4.78 is 0. The number of fused-ring (bicyclic) bond motifs is 1.